The quantitative estimate of drug-likeness (QED) is 0.526. The second kappa shape index (κ2) is 2.65. The van der Waals surface area contributed by atoms with Gasteiger partial charge in [0.1, 0.15) is 0 Å². The molecule has 0 aliphatic carbocycles. The van der Waals surface area contributed by atoms with Crippen LogP contribution in [0.3, 0.4) is 0 Å². The predicted molar refractivity (Wildman–Crippen MR) is 27.7 cm³/mol. The summed E-state index contributed by atoms with van der Waals surface area (Å²) < 4.78 is 0. The molecule has 44 valence electrons. The van der Waals surface area contributed by atoms with Gasteiger partial charge in [0.25, 0.3) is 0 Å². The second-order valence-electron chi connectivity index (χ2n) is 1.79. The van der Waals surface area contributed by atoms with Gasteiger partial charge in [-0.15, -0.1) is 0 Å². The smallest absolute Gasteiger partial charge is 0.0932 e. The molecule has 1 saturated heterocycles. The van der Waals surface area contributed by atoms with Gasteiger partial charge in [-0.2, -0.15) is 5.26 Å². The third kappa shape index (κ3) is 1.19. The summed E-state index contributed by atoms with van der Waals surface area (Å²) in [5.41, 5.74) is 2.71. The third-order valence-corrected chi connectivity index (χ3v) is 1.14. The Morgan fingerprint density at radius 1 is 1.88 bits per heavy atom. The number of nitrogens with one attached hydrogen (secondary N) is 1. The van der Waals surface area contributed by atoms with E-state index in [1.165, 1.54) is 0 Å². The maximum Gasteiger partial charge on any atom is 0.0932 e. The number of hydroxylamine groups is 1. The standard InChI is InChI=1S/C5H8N2O/c6-3-1-5-2-4-7-8-5/h5,7H,1-2,4H2. The lowest BCUT2D eigenvalue weighted by Gasteiger charge is -1.98. The van der Waals surface area contributed by atoms with Crippen molar-refractivity contribution in [1.29, 1.82) is 5.26 Å². The Labute approximate surface area is 48.2 Å². The molecule has 0 saturated carbocycles. The van der Waals surface area contributed by atoms with Gasteiger partial charge in [-0.25, -0.2) is 5.48 Å². The fourth-order valence-corrected chi connectivity index (χ4v) is 0.701. The summed E-state index contributed by atoms with van der Waals surface area (Å²) in [6.07, 6.45) is 1.61. The number of rotatable bonds is 1. The van der Waals surface area contributed by atoms with Crippen molar-refractivity contribution in [2.75, 3.05) is 6.54 Å². The SMILES string of the molecule is N#CCC1CCNO1. The van der Waals surface area contributed by atoms with Crippen molar-refractivity contribution >= 4 is 0 Å². The predicted octanol–water partition coefficient (Wildman–Crippen LogP) is 0.194. The minimum absolute atomic E-state index is 0.139. The van der Waals surface area contributed by atoms with Crippen molar-refractivity contribution in [1.82, 2.24) is 5.48 Å². The highest BCUT2D eigenvalue weighted by molar-refractivity contribution is 4.77. The first-order valence-corrected chi connectivity index (χ1v) is 2.69. The van der Waals surface area contributed by atoms with E-state index in [4.69, 9.17) is 10.1 Å². The van der Waals surface area contributed by atoms with Crippen molar-refractivity contribution in [2.45, 2.75) is 18.9 Å². The molecule has 1 N–H and O–H groups in total. The molecule has 0 bridgehead atoms. The maximum atomic E-state index is 8.17. The molecule has 0 aromatic rings. The first-order chi connectivity index (χ1) is 3.93. The van der Waals surface area contributed by atoms with Crippen LogP contribution in [0.5, 0.6) is 0 Å². The Balaban J connectivity index is 2.17. The van der Waals surface area contributed by atoms with Gasteiger partial charge >= 0.3 is 0 Å². The first-order valence-electron chi connectivity index (χ1n) is 2.69. The normalized spacial score (nSPS) is 27.6. The van der Waals surface area contributed by atoms with Gasteiger partial charge in [-0.3, -0.25) is 4.84 Å². The molecule has 0 aromatic carbocycles. The van der Waals surface area contributed by atoms with Gasteiger partial charge in [0.05, 0.1) is 18.6 Å². The summed E-state index contributed by atoms with van der Waals surface area (Å²) in [5, 5.41) is 8.17. The van der Waals surface area contributed by atoms with Gasteiger partial charge in [-0.1, -0.05) is 0 Å². The van der Waals surface area contributed by atoms with Crippen molar-refractivity contribution in [2.24, 2.45) is 0 Å². The molecule has 0 amide bonds. The third-order valence-electron chi connectivity index (χ3n) is 1.14. The number of nitriles is 1. The van der Waals surface area contributed by atoms with E-state index in [-0.39, 0.29) is 6.10 Å². The van der Waals surface area contributed by atoms with Crippen molar-refractivity contribution in [3.63, 3.8) is 0 Å². The molecule has 0 radical (unpaired) electrons. The average Bonchev–Trinajstić information content (AvgIpc) is 2.19. The van der Waals surface area contributed by atoms with E-state index in [1.54, 1.807) is 0 Å². The Morgan fingerprint density at radius 2 is 2.75 bits per heavy atom. The van der Waals surface area contributed by atoms with Crippen LogP contribution in [0.4, 0.5) is 0 Å². The van der Waals surface area contributed by atoms with Crippen LogP contribution in [-0.4, -0.2) is 12.6 Å². The average molecular weight is 112 g/mol. The molecule has 0 spiro atoms. The van der Waals surface area contributed by atoms with Crippen molar-refractivity contribution < 1.29 is 4.84 Å². The molecule has 1 rings (SSSR count). The van der Waals surface area contributed by atoms with Crippen LogP contribution in [0.2, 0.25) is 0 Å². The largest absolute Gasteiger partial charge is 0.297 e. The van der Waals surface area contributed by atoms with Gasteiger partial charge < -0.3 is 0 Å². The molecule has 1 unspecified atom stereocenters. The van der Waals surface area contributed by atoms with Crippen LogP contribution in [0.25, 0.3) is 0 Å². The molecular formula is C5H8N2O. The van der Waals surface area contributed by atoms with Crippen molar-refractivity contribution in [3.05, 3.63) is 0 Å². The molecule has 1 aliphatic heterocycles. The minimum atomic E-state index is 0.139. The zero-order valence-corrected chi connectivity index (χ0v) is 4.55. The van der Waals surface area contributed by atoms with E-state index in [2.05, 4.69) is 5.48 Å². The second-order valence-corrected chi connectivity index (χ2v) is 1.79. The molecule has 3 heteroatoms. The maximum absolute atomic E-state index is 8.17. The highest BCUT2D eigenvalue weighted by Crippen LogP contribution is 2.05. The summed E-state index contributed by atoms with van der Waals surface area (Å²) in [5.74, 6) is 0. The summed E-state index contributed by atoms with van der Waals surface area (Å²) in [6.45, 7) is 0.881. The lowest BCUT2D eigenvalue weighted by atomic mass is 10.2. The van der Waals surface area contributed by atoms with Crippen LogP contribution in [0, 0.1) is 11.3 Å². The Morgan fingerprint density at radius 3 is 3.25 bits per heavy atom. The zero-order chi connectivity index (χ0) is 5.82. The van der Waals surface area contributed by atoms with Gasteiger partial charge in [0.2, 0.25) is 0 Å². The van der Waals surface area contributed by atoms with E-state index in [9.17, 15) is 0 Å². The topological polar surface area (TPSA) is 45.0 Å². The number of nitrogens with zero attached hydrogens (tertiary/aromatic N) is 1. The minimum Gasteiger partial charge on any atom is -0.297 e. The summed E-state index contributed by atoms with van der Waals surface area (Å²) in [6, 6.07) is 2.04. The Bertz CT molecular complexity index is 101. The lowest BCUT2D eigenvalue weighted by molar-refractivity contribution is 0.0373. The van der Waals surface area contributed by atoms with Crippen LogP contribution in [-0.2, 0) is 4.84 Å². The van der Waals surface area contributed by atoms with E-state index in [0.29, 0.717) is 6.42 Å². The Kier molecular flexibility index (Phi) is 1.84. The highest BCUT2D eigenvalue weighted by Gasteiger charge is 2.13. The van der Waals surface area contributed by atoms with E-state index < -0.39 is 0 Å². The van der Waals surface area contributed by atoms with Gasteiger partial charge in [0, 0.05) is 6.54 Å². The fraction of sp³-hybridized carbons (Fsp3) is 0.800. The highest BCUT2D eigenvalue weighted by atomic mass is 16.7. The van der Waals surface area contributed by atoms with Gasteiger partial charge in [-0.05, 0) is 6.42 Å². The molecular weight excluding hydrogens is 104 g/mol. The Hall–Kier alpha value is -0.590. The monoisotopic (exact) mass is 112 g/mol. The van der Waals surface area contributed by atoms with Crippen molar-refractivity contribution in [3.8, 4) is 6.07 Å². The molecule has 1 fully saturated rings. The summed E-state index contributed by atoms with van der Waals surface area (Å²) in [4.78, 5) is 4.92. The zero-order valence-electron chi connectivity index (χ0n) is 4.55. The number of hydrogen-bond acceptors (Lipinski definition) is 3. The lowest BCUT2D eigenvalue weighted by Crippen LogP contribution is -2.08. The molecule has 1 heterocycles. The van der Waals surface area contributed by atoms with E-state index in [0.717, 1.165) is 13.0 Å². The number of hydrogen-bond donors (Lipinski definition) is 1. The van der Waals surface area contributed by atoms with Gasteiger partial charge in [0.15, 0.2) is 0 Å². The van der Waals surface area contributed by atoms with E-state index in [1.807, 2.05) is 6.07 Å². The fourth-order valence-electron chi connectivity index (χ4n) is 0.701. The molecule has 3 nitrogen and oxygen atoms in total. The summed E-state index contributed by atoms with van der Waals surface area (Å²) >= 11 is 0. The molecule has 0 aromatic heterocycles. The molecule has 8 heavy (non-hydrogen) atoms. The van der Waals surface area contributed by atoms with E-state index >= 15 is 0 Å². The van der Waals surface area contributed by atoms with Crippen LogP contribution >= 0.6 is 0 Å². The van der Waals surface area contributed by atoms with Crippen LogP contribution in [0.1, 0.15) is 12.8 Å². The first kappa shape index (κ1) is 5.54. The molecule has 1 aliphatic rings. The molecule has 1 atom stereocenters. The van der Waals surface area contributed by atoms with Crippen LogP contribution < -0.4 is 5.48 Å². The summed E-state index contributed by atoms with van der Waals surface area (Å²) in [7, 11) is 0. The van der Waals surface area contributed by atoms with Crippen LogP contribution in [0.15, 0.2) is 0 Å².